The molecule has 0 radical (unpaired) electrons. The molecule has 1 aromatic rings. The third-order valence-corrected chi connectivity index (χ3v) is 5.59. The topological polar surface area (TPSA) is 49.7 Å². The van der Waals surface area contributed by atoms with E-state index in [9.17, 15) is 9.18 Å². The van der Waals surface area contributed by atoms with E-state index in [1.807, 2.05) is 27.7 Å². The monoisotopic (exact) mass is 363 g/mol. The molecule has 0 unspecified atom stereocenters. The number of ether oxygens (including phenoxy) is 1. The molecule has 26 heavy (non-hydrogen) atoms. The third kappa shape index (κ3) is 4.10. The van der Waals surface area contributed by atoms with Crippen LogP contribution in [0, 0.1) is 5.92 Å². The number of aromatic nitrogens is 1. The summed E-state index contributed by atoms with van der Waals surface area (Å²) < 4.78 is 33.1. The van der Waals surface area contributed by atoms with Crippen molar-refractivity contribution in [2.45, 2.75) is 58.3 Å². The quantitative estimate of drug-likeness (QED) is 0.771. The second-order valence-corrected chi connectivity index (χ2v) is 8.13. The molecule has 0 N–H and O–H groups in total. The Morgan fingerprint density at radius 1 is 1.23 bits per heavy atom. The highest BCUT2D eigenvalue weighted by Gasteiger charge is 2.53. The Hall–Kier alpha value is -1.44. The van der Waals surface area contributed by atoms with E-state index in [0.29, 0.717) is 18.0 Å². The lowest BCUT2D eigenvalue weighted by atomic mass is 9.87. The summed E-state index contributed by atoms with van der Waals surface area (Å²) in [5, 5.41) is 0. The molecule has 0 aromatic carbocycles. The molecule has 2 saturated heterocycles. The van der Waals surface area contributed by atoms with Crippen LogP contribution in [-0.4, -0.2) is 36.1 Å². The fourth-order valence-electron chi connectivity index (χ4n) is 3.17. The number of hydrogen-bond donors (Lipinski definition) is 0. The molecule has 2 aliphatic heterocycles. The molecule has 0 spiro atoms. The van der Waals surface area contributed by atoms with Crippen LogP contribution in [0.15, 0.2) is 28.9 Å². The minimum Gasteiger partial charge on any atom is -0.398 e. The van der Waals surface area contributed by atoms with Crippen LogP contribution in [0.25, 0.3) is 6.08 Å². The summed E-state index contributed by atoms with van der Waals surface area (Å²) >= 11 is 0. The van der Waals surface area contributed by atoms with E-state index < -0.39 is 24.0 Å². The first-order chi connectivity index (χ1) is 12.2. The van der Waals surface area contributed by atoms with Gasteiger partial charge in [-0.15, -0.1) is 0 Å². The summed E-state index contributed by atoms with van der Waals surface area (Å²) in [6, 6.07) is 3.09. The number of rotatable bonds is 4. The molecule has 3 heterocycles. The highest BCUT2D eigenvalue weighted by Crippen LogP contribution is 2.39. The van der Waals surface area contributed by atoms with Gasteiger partial charge in [0.1, 0.15) is 5.73 Å². The zero-order chi connectivity index (χ0) is 18.9. The number of pyridine rings is 1. The summed E-state index contributed by atoms with van der Waals surface area (Å²) in [6.07, 6.45) is 4.95. The first-order valence-electron chi connectivity index (χ1n) is 9.19. The first kappa shape index (κ1) is 19.3. The Morgan fingerprint density at radius 2 is 1.85 bits per heavy atom. The molecule has 5 nitrogen and oxygen atoms in total. The second-order valence-electron chi connectivity index (χ2n) is 8.13. The van der Waals surface area contributed by atoms with E-state index in [1.165, 1.54) is 12.1 Å². The van der Waals surface area contributed by atoms with Crippen molar-refractivity contribution in [2.24, 2.45) is 5.92 Å². The van der Waals surface area contributed by atoms with Gasteiger partial charge in [-0.3, -0.25) is 4.79 Å². The van der Waals surface area contributed by atoms with Gasteiger partial charge in [-0.1, -0.05) is 0 Å². The minimum absolute atomic E-state index is 0.0790. The van der Waals surface area contributed by atoms with Gasteiger partial charge in [-0.05, 0) is 64.2 Å². The Labute approximate surface area is 154 Å². The highest BCUT2D eigenvalue weighted by atomic mass is 19.1. The van der Waals surface area contributed by atoms with Gasteiger partial charge >= 0.3 is 7.12 Å². The Balaban J connectivity index is 1.76. The maximum absolute atomic E-state index is 14.7. The van der Waals surface area contributed by atoms with Gasteiger partial charge in [0.15, 0.2) is 0 Å². The van der Waals surface area contributed by atoms with Crippen LogP contribution in [0.2, 0.25) is 0 Å². The van der Waals surface area contributed by atoms with Gasteiger partial charge < -0.3 is 18.6 Å². The van der Waals surface area contributed by atoms with E-state index in [2.05, 4.69) is 0 Å². The average molecular weight is 363 g/mol. The lowest BCUT2D eigenvalue weighted by Gasteiger charge is -2.32. The molecule has 2 aliphatic rings. The molecular weight excluding hydrogens is 336 g/mol. The number of halogens is 1. The van der Waals surface area contributed by atoms with Crippen molar-refractivity contribution >= 4 is 13.2 Å². The molecule has 7 heteroatoms. The van der Waals surface area contributed by atoms with Crippen molar-refractivity contribution in [3.63, 3.8) is 0 Å². The van der Waals surface area contributed by atoms with E-state index in [1.54, 1.807) is 16.8 Å². The fraction of sp³-hybridized carbons (Fsp3) is 0.632. The summed E-state index contributed by atoms with van der Waals surface area (Å²) in [5.41, 5.74) is -1.15. The van der Waals surface area contributed by atoms with E-state index >= 15 is 0 Å². The molecule has 3 rings (SSSR count). The maximum Gasteiger partial charge on any atom is 0.525 e. The molecular formula is C19H27BFNO4. The standard InChI is InChI=1S/C19H27BFNO4/c1-18(2)19(3,4)26-20(25-18)16(21)11-15-5-6-17(23)22(13-15)12-14-7-9-24-10-8-14/h5-6,11,13-14H,7-10,12H2,1-4H3. The Bertz CT molecular complexity index is 721. The van der Waals surface area contributed by atoms with Gasteiger partial charge in [0.25, 0.3) is 5.56 Å². The van der Waals surface area contributed by atoms with Crippen molar-refractivity contribution in [3.8, 4) is 0 Å². The van der Waals surface area contributed by atoms with Crippen molar-refractivity contribution in [3.05, 3.63) is 40.0 Å². The highest BCUT2D eigenvalue weighted by molar-refractivity contribution is 6.54. The van der Waals surface area contributed by atoms with Crippen LogP contribution < -0.4 is 5.56 Å². The fourth-order valence-corrected chi connectivity index (χ4v) is 3.17. The van der Waals surface area contributed by atoms with Crippen molar-refractivity contribution in [1.29, 1.82) is 0 Å². The van der Waals surface area contributed by atoms with Crippen LogP contribution >= 0.6 is 0 Å². The van der Waals surface area contributed by atoms with Gasteiger partial charge in [0.05, 0.1) is 11.2 Å². The van der Waals surface area contributed by atoms with Gasteiger partial charge in [0, 0.05) is 32.0 Å². The summed E-state index contributed by atoms with van der Waals surface area (Å²) in [7, 11) is -1.03. The molecule has 0 bridgehead atoms. The predicted octanol–water partition coefficient (Wildman–Crippen LogP) is 3.22. The molecule has 142 valence electrons. The number of nitrogens with zero attached hydrogens (tertiary/aromatic N) is 1. The minimum atomic E-state index is -1.03. The van der Waals surface area contributed by atoms with Gasteiger partial charge in [0.2, 0.25) is 0 Å². The smallest absolute Gasteiger partial charge is 0.398 e. The average Bonchev–Trinajstić information content (AvgIpc) is 2.80. The van der Waals surface area contributed by atoms with Gasteiger partial charge in [-0.25, -0.2) is 4.39 Å². The lowest BCUT2D eigenvalue weighted by Crippen LogP contribution is -2.41. The molecule has 2 fully saturated rings. The van der Waals surface area contributed by atoms with Crippen molar-refractivity contribution in [2.75, 3.05) is 13.2 Å². The van der Waals surface area contributed by atoms with E-state index in [0.717, 1.165) is 26.1 Å². The predicted molar refractivity (Wildman–Crippen MR) is 99.4 cm³/mol. The molecule has 0 saturated carbocycles. The largest absolute Gasteiger partial charge is 0.525 e. The zero-order valence-electron chi connectivity index (χ0n) is 16.0. The van der Waals surface area contributed by atoms with Crippen molar-refractivity contribution in [1.82, 2.24) is 4.57 Å². The van der Waals surface area contributed by atoms with E-state index in [4.69, 9.17) is 14.0 Å². The summed E-state index contributed by atoms with van der Waals surface area (Å²) in [4.78, 5) is 12.1. The first-order valence-corrected chi connectivity index (χ1v) is 9.19. The summed E-state index contributed by atoms with van der Waals surface area (Å²) in [6.45, 7) is 9.62. The normalized spacial score (nSPS) is 23.4. The van der Waals surface area contributed by atoms with Crippen LogP contribution in [-0.2, 0) is 20.6 Å². The van der Waals surface area contributed by atoms with E-state index in [-0.39, 0.29) is 5.56 Å². The summed E-state index contributed by atoms with van der Waals surface area (Å²) in [5.74, 6) is 0.411. The number of hydrogen-bond acceptors (Lipinski definition) is 4. The molecule has 1 aromatic heterocycles. The van der Waals surface area contributed by atoms with Crippen LogP contribution in [0.4, 0.5) is 4.39 Å². The third-order valence-electron chi connectivity index (χ3n) is 5.59. The molecule has 0 amide bonds. The van der Waals surface area contributed by atoms with Crippen LogP contribution in [0.3, 0.4) is 0 Å². The van der Waals surface area contributed by atoms with Crippen LogP contribution in [0.5, 0.6) is 0 Å². The maximum atomic E-state index is 14.7. The lowest BCUT2D eigenvalue weighted by molar-refractivity contribution is 0.00578. The van der Waals surface area contributed by atoms with Gasteiger partial charge in [-0.2, -0.15) is 0 Å². The second kappa shape index (κ2) is 7.29. The van der Waals surface area contributed by atoms with Crippen molar-refractivity contribution < 1.29 is 18.4 Å². The Morgan fingerprint density at radius 3 is 2.46 bits per heavy atom. The molecule has 0 atom stereocenters. The van der Waals surface area contributed by atoms with Crippen LogP contribution in [0.1, 0.15) is 46.1 Å². The zero-order valence-corrected chi connectivity index (χ0v) is 16.0. The Kier molecular flexibility index (Phi) is 5.42. The molecule has 0 aliphatic carbocycles. The SMILES string of the molecule is CC1(C)OB(C(F)=Cc2ccc(=O)n(CC3CCOCC3)c2)OC1(C)C.